The standard InChI is InChI=1S/C20H17F4N3O2/c1-20(23,24)16-7-6-15(29-16)12-27-10-9-17(26-27)25-18(28)8-5-13-3-2-4-14(11-21)19(13)22/h2-10H,11-12H2,1H3,(H,25,26,28)/b8-5+. The lowest BCUT2D eigenvalue weighted by Crippen LogP contribution is -2.09. The van der Waals surface area contributed by atoms with Crippen LogP contribution in [0.25, 0.3) is 6.08 Å². The Morgan fingerprint density at radius 1 is 1.28 bits per heavy atom. The number of carbonyl (C=O) groups is 1. The van der Waals surface area contributed by atoms with Crippen molar-refractivity contribution in [3.05, 3.63) is 77.1 Å². The Labute approximate surface area is 163 Å². The lowest BCUT2D eigenvalue weighted by atomic mass is 10.1. The van der Waals surface area contributed by atoms with Crippen molar-refractivity contribution in [2.24, 2.45) is 0 Å². The van der Waals surface area contributed by atoms with E-state index in [1.165, 1.54) is 53.4 Å². The third-order valence-corrected chi connectivity index (χ3v) is 3.97. The third-order valence-electron chi connectivity index (χ3n) is 3.97. The van der Waals surface area contributed by atoms with Crippen molar-refractivity contribution in [1.82, 2.24) is 9.78 Å². The molecule has 0 aliphatic rings. The molecular weight excluding hydrogens is 390 g/mol. The second-order valence-electron chi connectivity index (χ2n) is 6.33. The van der Waals surface area contributed by atoms with Crippen LogP contribution in [0.3, 0.4) is 0 Å². The van der Waals surface area contributed by atoms with E-state index in [2.05, 4.69) is 10.4 Å². The molecule has 2 aromatic heterocycles. The topological polar surface area (TPSA) is 60.1 Å². The summed E-state index contributed by atoms with van der Waals surface area (Å²) in [6.07, 6.45) is 3.87. The van der Waals surface area contributed by atoms with E-state index in [1.807, 2.05) is 0 Å². The van der Waals surface area contributed by atoms with Crippen LogP contribution in [0.2, 0.25) is 0 Å². The Morgan fingerprint density at radius 2 is 2.07 bits per heavy atom. The molecule has 29 heavy (non-hydrogen) atoms. The van der Waals surface area contributed by atoms with Gasteiger partial charge >= 0.3 is 5.92 Å². The van der Waals surface area contributed by atoms with Crippen LogP contribution in [-0.4, -0.2) is 15.7 Å². The van der Waals surface area contributed by atoms with Crippen LogP contribution in [0.5, 0.6) is 0 Å². The molecule has 0 atom stereocenters. The van der Waals surface area contributed by atoms with Crippen LogP contribution in [-0.2, 0) is 23.9 Å². The van der Waals surface area contributed by atoms with Crippen molar-refractivity contribution in [3.63, 3.8) is 0 Å². The van der Waals surface area contributed by atoms with Crippen LogP contribution in [0.4, 0.5) is 23.4 Å². The second kappa shape index (κ2) is 8.34. The monoisotopic (exact) mass is 407 g/mol. The highest BCUT2D eigenvalue weighted by Gasteiger charge is 2.28. The quantitative estimate of drug-likeness (QED) is 0.448. The smallest absolute Gasteiger partial charge is 0.301 e. The zero-order chi connectivity index (χ0) is 21.0. The van der Waals surface area contributed by atoms with Gasteiger partial charge in [0.05, 0.1) is 6.54 Å². The Morgan fingerprint density at radius 3 is 2.76 bits per heavy atom. The number of benzene rings is 1. The van der Waals surface area contributed by atoms with Gasteiger partial charge in [0.2, 0.25) is 5.91 Å². The van der Waals surface area contributed by atoms with Gasteiger partial charge in [0, 0.05) is 36.4 Å². The number of nitrogens with one attached hydrogen (secondary N) is 1. The molecule has 1 aromatic carbocycles. The molecule has 5 nitrogen and oxygen atoms in total. The number of furan rings is 1. The van der Waals surface area contributed by atoms with Crippen molar-refractivity contribution in [2.75, 3.05) is 5.32 Å². The predicted molar refractivity (Wildman–Crippen MR) is 98.5 cm³/mol. The number of hydrogen-bond acceptors (Lipinski definition) is 3. The second-order valence-corrected chi connectivity index (χ2v) is 6.33. The highest BCUT2D eigenvalue weighted by Crippen LogP contribution is 2.28. The number of carbonyl (C=O) groups excluding carboxylic acids is 1. The van der Waals surface area contributed by atoms with Crippen LogP contribution in [0, 0.1) is 5.82 Å². The van der Waals surface area contributed by atoms with Gasteiger partial charge in [0.15, 0.2) is 11.6 Å². The third kappa shape index (κ3) is 5.13. The van der Waals surface area contributed by atoms with Gasteiger partial charge in [-0.1, -0.05) is 18.2 Å². The van der Waals surface area contributed by atoms with E-state index in [0.717, 1.165) is 13.0 Å². The Balaban J connectivity index is 1.61. The molecule has 0 saturated heterocycles. The fraction of sp³-hybridized carbons (Fsp3) is 0.200. The predicted octanol–water partition coefficient (Wildman–Crippen LogP) is 4.90. The molecule has 9 heteroatoms. The Bertz CT molecular complexity index is 1030. The molecule has 0 aliphatic heterocycles. The number of hydrogen-bond donors (Lipinski definition) is 1. The molecular formula is C20H17F4N3O2. The van der Waals surface area contributed by atoms with Crippen LogP contribution in [0.15, 0.2) is 53.1 Å². The van der Waals surface area contributed by atoms with Gasteiger partial charge in [-0.15, -0.1) is 0 Å². The van der Waals surface area contributed by atoms with E-state index in [4.69, 9.17) is 4.42 Å². The molecule has 0 aliphatic carbocycles. The van der Waals surface area contributed by atoms with E-state index in [0.29, 0.717) is 0 Å². The van der Waals surface area contributed by atoms with Crippen molar-refractivity contribution in [2.45, 2.75) is 26.1 Å². The maximum Gasteiger partial charge on any atom is 0.301 e. The van der Waals surface area contributed by atoms with E-state index < -0.39 is 30.1 Å². The first kappa shape index (κ1) is 20.4. The molecule has 0 unspecified atom stereocenters. The average Bonchev–Trinajstić information content (AvgIpc) is 3.30. The van der Waals surface area contributed by atoms with Crippen molar-refractivity contribution in [1.29, 1.82) is 0 Å². The summed E-state index contributed by atoms with van der Waals surface area (Å²) in [7, 11) is 0. The van der Waals surface area contributed by atoms with Crippen molar-refractivity contribution < 1.29 is 26.8 Å². The first-order chi connectivity index (χ1) is 13.8. The number of aromatic nitrogens is 2. The average molecular weight is 407 g/mol. The number of halogens is 4. The SMILES string of the molecule is CC(F)(F)c1ccc(Cn2ccc(NC(=O)/C=C/c3cccc(CF)c3F)n2)o1. The van der Waals surface area contributed by atoms with Gasteiger partial charge in [0.1, 0.15) is 18.3 Å². The minimum Gasteiger partial charge on any atom is -0.458 e. The number of anilines is 1. The summed E-state index contributed by atoms with van der Waals surface area (Å²) in [4.78, 5) is 12.0. The molecule has 0 bridgehead atoms. The highest BCUT2D eigenvalue weighted by molar-refractivity contribution is 6.01. The summed E-state index contributed by atoms with van der Waals surface area (Å²) in [5, 5.41) is 6.59. The van der Waals surface area contributed by atoms with Crippen molar-refractivity contribution in [3.8, 4) is 0 Å². The summed E-state index contributed by atoms with van der Waals surface area (Å²) >= 11 is 0. The van der Waals surface area contributed by atoms with E-state index in [9.17, 15) is 22.4 Å². The van der Waals surface area contributed by atoms with E-state index >= 15 is 0 Å². The van der Waals surface area contributed by atoms with Gasteiger partial charge in [-0.25, -0.2) is 8.78 Å². The van der Waals surface area contributed by atoms with Gasteiger partial charge < -0.3 is 9.73 Å². The van der Waals surface area contributed by atoms with Gasteiger partial charge in [-0.2, -0.15) is 13.9 Å². The summed E-state index contributed by atoms with van der Waals surface area (Å²) in [5.41, 5.74) is -0.00426. The molecule has 1 N–H and O–H groups in total. The summed E-state index contributed by atoms with van der Waals surface area (Å²) in [6.45, 7) is -0.0996. The van der Waals surface area contributed by atoms with Gasteiger partial charge in [-0.3, -0.25) is 9.48 Å². The molecule has 0 saturated carbocycles. The number of alkyl halides is 3. The minimum absolute atomic E-state index is 0.0854. The van der Waals surface area contributed by atoms with Gasteiger partial charge in [0.25, 0.3) is 0 Å². The molecule has 0 spiro atoms. The molecule has 2 heterocycles. The van der Waals surface area contributed by atoms with Crippen LogP contribution < -0.4 is 5.32 Å². The van der Waals surface area contributed by atoms with Crippen LogP contribution in [0.1, 0.15) is 29.6 Å². The normalized spacial score (nSPS) is 11.9. The Hall–Kier alpha value is -3.36. The highest BCUT2D eigenvalue weighted by atomic mass is 19.3. The summed E-state index contributed by atoms with van der Waals surface area (Å²) in [6, 6.07) is 8.37. The van der Waals surface area contributed by atoms with Gasteiger partial charge in [-0.05, 0) is 18.2 Å². The zero-order valence-corrected chi connectivity index (χ0v) is 15.3. The molecule has 3 rings (SSSR count). The molecule has 0 radical (unpaired) electrons. The number of nitrogens with zero attached hydrogens (tertiary/aromatic N) is 2. The maximum absolute atomic E-state index is 13.9. The Kier molecular flexibility index (Phi) is 5.86. The minimum atomic E-state index is -3.07. The summed E-state index contributed by atoms with van der Waals surface area (Å²) in [5.74, 6) is -4.31. The number of rotatable bonds is 7. The summed E-state index contributed by atoms with van der Waals surface area (Å²) < 4.78 is 59.5. The number of amides is 1. The first-order valence-electron chi connectivity index (χ1n) is 8.59. The molecule has 3 aromatic rings. The van der Waals surface area contributed by atoms with E-state index in [1.54, 1.807) is 0 Å². The lowest BCUT2D eigenvalue weighted by molar-refractivity contribution is -0.111. The van der Waals surface area contributed by atoms with Crippen LogP contribution >= 0.6 is 0 Å². The molecule has 1 amide bonds. The lowest BCUT2D eigenvalue weighted by Gasteiger charge is -2.05. The maximum atomic E-state index is 13.9. The fourth-order valence-electron chi connectivity index (χ4n) is 2.54. The van der Waals surface area contributed by atoms with E-state index in [-0.39, 0.29) is 29.2 Å². The first-order valence-corrected chi connectivity index (χ1v) is 8.59. The zero-order valence-electron chi connectivity index (χ0n) is 15.3. The fourth-order valence-corrected chi connectivity index (χ4v) is 2.54. The largest absolute Gasteiger partial charge is 0.458 e. The molecule has 152 valence electrons. The molecule has 0 fully saturated rings. The van der Waals surface area contributed by atoms with Crippen molar-refractivity contribution >= 4 is 17.8 Å².